The number of hydrogen-bond donors (Lipinski definition) is 1. The van der Waals surface area contributed by atoms with Crippen LogP contribution in [0, 0.1) is 4.77 Å². The van der Waals surface area contributed by atoms with E-state index in [1.807, 2.05) is 17.7 Å². The lowest BCUT2D eigenvalue weighted by Gasteiger charge is -2.09. The predicted molar refractivity (Wildman–Crippen MR) is 88.8 cm³/mol. The van der Waals surface area contributed by atoms with Crippen LogP contribution in [-0.4, -0.2) is 19.7 Å². The third-order valence-corrected chi connectivity index (χ3v) is 4.77. The van der Waals surface area contributed by atoms with Gasteiger partial charge in [-0.1, -0.05) is 15.9 Å². The summed E-state index contributed by atoms with van der Waals surface area (Å²) in [6, 6.07) is 8.33. The number of hydrogen-bond acceptors (Lipinski definition) is 3. The second-order valence-corrected chi connectivity index (χ2v) is 6.74. The van der Waals surface area contributed by atoms with Gasteiger partial charge >= 0.3 is 0 Å². The number of benzene rings is 1. The molecule has 1 aromatic carbocycles. The highest BCUT2D eigenvalue weighted by Gasteiger charge is 2.26. The Bertz CT molecular complexity index is 908. The van der Waals surface area contributed by atoms with Gasteiger partial charge < -0.3 is 4.57 Å². The quantitative estimate of drug-likeness (QED) is 0.691. The summed E-state index contributed by atoms with van der Waals surface area (Å²) in [5.41, 5.74) is 3.25. The molecule has 0 bridgehead atoms. The van der Waals surface area contributed by atoms with E-state index in [0.717, 1.165) is 32.5 Å². The molecule has 0 amide bonds. The number of aromatic nitrogens is 4. The number of H-pyrrole nitrogens is 1. The van der Waals surface area contributed by atoms with Crippen LogP contribution in [0.3, 0.4) is 0 Å². The van der Waals surface area contributed by atoms with Crippen LogP contribution in [0.25, 0.3) is 22.3 Å². The number of nitrogens with one attached hydrogen (secondary N) is 1. The first-order valence-electron chi connectivity index (χ1n) is 6.85. The summed E-state index contributed by atoms with van der Waals surface area (Å²) in [5, 5.41) is 8.34. The van der Waals surface area contributed by atoms with Crippen LogP contribution in [-0.2, 0) is 7.05 Å². The van der Waals surface area contributed by atoms with E-state index in [9.17, 15) is 0 Å². The predicted octanol–water partition coefficient (Wildman–Crippen LogP) is 4.33. The Hall–Kier alpha value is -1.53. The zero-order valence-electron chi connectivity index (χ0n) is 11.4. The highest BCUT2D eigenvalue weighted by molar-refractivity contribution is 9.10. The van der Waals surface area contributed by atoms with Crippen LogP contribution in [0.5, 0.6) is 0 Å². The molecule has 0 unspecified atom stereocenters. The normalized spacial score (nSPS) is 14.8. The van der Waals surface area contributed by atoms with E-state index in [1.165, 1.54) is 12.8 Å². The second-order valence-electron chi connectivity index (χ2n) is 5.44. The largest absolute Gasteiger partial charge is 0.303 e. The molecule has 1 aliphatic carbocycles. The lowest BCUT2D eigenvalue weighted by molar-refractivity contribution is 0.901. The highest BCUT2D eigenvalue weighted by Crippen LogP contribution is 2.41. The molecule has 1 fully saturated rings. The van der Waals surface area contributed by atoms with Gasteiger partial charge in [-0.15, -0.1) is 0 Å². The van der Waals surface area contributed by atoms with Gasteiger partial charge in [0.05, 0.1) is 5.52 Å². The van der Waals surface area contributed by atoms with Gasteiger partial charge in [0.25, 0.3) is 0 Å². The standard InChI is InChI=1S/C15H13BrN4S/c1-20-14(18-19-15(20)21)11-7-13(8-2-3-8)17-12-5-4-9(16)6-10(11)12/h4-8H,2-3H2,1H3,(H,19,21). The van der Waals surface area contributed by atoms with Crippen LogP contribution in [0.4, 0.5) is 0 Å². The summed E-state index contributed by atoms with van der Waals surface area (Å²) < 4.78 is 3.56. The van der Waals surface area contributed by atoms with Gasteiger partial charge in [-0.25, -0.2) is 0 Å². The van der Waals surface area contributed by atoms with Crippen LogP contribution in [0.1, 0.15) is 24.5 Å². The van der Waals surface area contributed by atoms with Crippen molar-refractivity contribution in [3.63, 3.8) is 0 Å². The molecule has 0 spiro atoms. The minimum Gasteiger partial charge on any atom is -0.303 e. The number of halogens is 1. The number of fused-ring (bicyclic) bond motifs is 1. The fourth-order valence-electron chi connectivity index (χ4n) is 2.58. The highest BCUT2D eigenvalue weighted by atomic mass is 79.9. The number of nitrogens with zero attached hydrogens (tertiary/aromatic N) is 3. The second kappa shape index (κ2) is 4.74. The summed E-state index contributed by atoms with van der Waals surface area (Å²) in [7, 11) is 1.93. The van der Waals surface area contributed by atoms with Gasteiger partial charge in [-0.05, 0) is 49.3 Å². The lowest BCUT2D eigenvalue weighted by Crippen LogP contribution is -1.97. The molecule has 1 aliphatic rings. The van der Waals surface area contributed by atoms with Crippen LogP contribution >= 0.6 is 28.1 Å². The topological polar surface area (TPSA) is 46.5 Å². The summed E-state index contributed by atoms with van der Waals surface area (Å²) >= 11 is 8.78. The Kier molecular flexibility index (Phi) is 2.97. The van der Waals surface area contributed by atoms with Gasteiger partial charge in [-0.2, -0.15) is 5.10 Å². The molecule has 6 heteroatoms. The first kappa shape index (κ1) is 13.2. The van der Waals surface area contributed by atoms with E-state index in [2.05, 4.69) is 44.3 Å². The average molecular weight is 361 g/mol. The van der Waals surface area contributed by atoms with E-state index in [1.54, 1.807) is 0 Å². The van der Waals surface area contributed by atoms with Crippen molar-refractivity contribution in [3.8, 4) is 11.4 Å². The molecular weight excluding hydrogens is 348 g/mol. The maximum Gasteiger partial charge on any atom is 0.195 e. The fraction of sp³-hybridized carbons (Fsp3) is 0.267. The smallest absolute Gasteiger partial charge is 0.195 e. The Balaban J connectivity index is 2.07. The third kappa shape index (κ3) is 2.22. The zero-order chi connectivity index (χ0) is 14.6. The van der Waals surface area contributed by atoms with Crippen molar-refractivity contribution in [2.75, 3.05) is 0 Å². The molecule has 1 N–H and O–H groups in total. The van der Waals surface area contributed by atoms with E-state index in [4.69, 9.17) is 17.2 Å². The SMILES string of the molecule is Cn1c(-c2cc(C3CC3)nc3ccc(Br)cc23)n[nH]c1=S. The van der Waals surface area contributed by atoms with Crippen LogP contribution in [0.2, 0.25) is 0 Å². The molecule has 4 nitrogen and oxygen atoms in total. The Labute approximate surface area is 135 Å². The molecule has 1 saturated carbocycles. The van der Waals surface area contributed by atoms with Crippen LogP contribution in [0.15, 0.2) is 28.7 Å². The van der Waals surface area contributed by atoms with Gasteiger partial charge in [0.1, 0.15) is 0 Å². The van der Waals surface area contributed by atoms with Crippen molar-refractivity contribution in [3.05, 3.63) is 39.2 Å². The lowest BCUT2D eigenvalue weighted by atomic mass is 10.1. The minimum atomic E-state index is 0.601. The molecule has 0 atom stereocenters. The molecule has 4 rings (SSSR count). The maximum absolute atomic E-state index is 5.24. The Morgan fingerprint density at radius 1 is 1.33 bits per heavy atom. The Morgan fingerprint density at radius 3 is 2.81 bits per heavy atom. The number of rotatable bonds is 2. The number of aromatic amines is 1. The fourth-order valence-corrected chi connectivity index (χ4v) is 3.07. The van der Waals surface area contributed by atoms with Gasteiger partial charge in [-0.3, -0.25) is 10.1 Å². The van der Waals surface area contributed by atoms with Crippen molar-refractivity contribution < 1.29 is 0 Å². The average Bonchev–Trinajstić information content (AvgIpc) is 3.26. The van der Waals surface area contributed by atoms with Crippen molar-refractivity contribution >= 4 is 39.1 Å². The Morgan fingerprint density at radius 2 is 2.14 bits per heavy atom. The number of pyridine rings is 1. The van der Waals surface area contributed by atoms with Crippen LogP contribution < -0.4 is 0 Å². The summed E-state index contributed by atoms with van der Waals surface area (Å²) in [5.74, 6) is 1.46. The summed E-state index contributed by atoms with van der Waals surface area (Å²) in [6.45, 7) is 0. The summed E-state index contributed by atoms with van der Waals surface area (Å²) in [4.78, 5) is 4.81. The molecule has 2 aromatic heterocycles. The third-order valence-electron chi connectivity index (χ3n) is 3.91. The first-order valence-corrected chi connectivity index (χ1v) is 8.05. The van der Waals surface area contributed by atoms with E-state index in [-0.39, 0.29) is 0 Å². The maximum atomic E-state index is 5.24. The van der Waals surface area contributed by atoms with Gasteiger partial charge in [0.15, 0.2) is 10.6 Å². The van der Waals surface area contributed by atoms with Crippen molar-refractivity contribution in [2.24, 2.45) is 7.05 Å². The van der Waals surface area contributed by atoms with E-state index in [0.29, 0.717) is 10.7 Å². The first-order chi connectivity index (χ1) is 10.1. The molecule has 0 aliphatic heterocycles. The monoisotopic (exact) mass is 360 g/mol. The molecule has 0 saturated heterocycles. The van der Waals surface area contributed by atoms with Gasteiger partial charge in [0.2, 0.25) is 0 Å². The molecular formula is C15H13BrN4S. The summed E-state index contributed by atoms with van der Waals surface area (Å²) in [6.07, 6.45) is 2.46. The van der Waals surface area contributed by atoms with E-state index < -0.39 is 0 Å². The van der Waals surface area contributed by atoms with Crippen molar-refractivity contribution in [2.45, 2.75) is 18.8 Å². The molecule has 106 valence electrons. The van der Waals surface area contributed by atoms with E-state index >= 15 is 0 Å². The molecule has 2 heterocycles. The van der Waals surface area contributed by atoms with Gasteiger partial charge in [0, 0.05) is 34.1 Å². The zero-order valence-corrected chi connectivity index (χ0v) is 13.8. The van der Waals surface area contributed by atoms with Crippen molar-refractivity contribution in [1.29, 1.82) is 0 Å². The molecule has 3 aromatic rings. The molecule has 0 radical (unpaired) electrons. The van der Waals surface area contributed by atoms with Crippen molar-refractivity contribution in [1.82, 2.24) is 19.7 Å². The minimum absolute atomic E-state index is 0.601. The molecule has 21 heavy (non-hydrogen) atoms.